The second-order valence-corrected chi connectivity index (χ2v) is 7.47. The Morgan fingerprint density at radius 1 is 1.16 bits per heavy atom. The van der Waals surface area contributed by atoms with E-state index in [2.05, 4.69) is 16.2 Å². The molecule has 0 saturated heterocycles. The first-order chi connectivity index (χ1) is 11.9. The van der Waals surface area contributed by atoms with Crippen molar-refractivity contribution in [2.24, 2.45) is 0 Å². The summed E-state index contributed by atoms with van der Waals surface area (Å²) in [5.41, 5.74) is 2.15. The van der Waals surface area contributed by atoms with Gasteiger partial charge in [-0.3, -0.25) is 0 Å². The number of pyridine rings is 1. The number of sulfone groups is 1. The first-order valence-corrected chi connectivity index (χ1v) is 9.19. The summed E-state index contributed by atoms with van der Waals surface area (Å²) in [5, 5.41) is 23.2. The van der Waals surface area contributed by atoms with Gasteiger partial charge in [0.1, 0.15) is 0 Å². The Balaban J connectivity index is 1.95. The molecular weight excluding hydrogens is 340 g/mol. The van der Waals surface area contributed by atoms with Gasteiger partial charge in [0, 0.05) is 12.5 Å². The highest BCUT2D eigenvalue weighted by Crippen LogP contribution is 2.30. The molecule has 2 heterocycles. The van der Waals surface area contributed by atoms with Crippen molar-refractivity contribution >= 4 is 9.84 Å². The quantitative estimate of drug-likeness (QED) is 0.768. The van der Waals surface area contributed by atoms with Crippen LogP contribution in [0.2, 0.25) is 0 Å². The van der Waals surface area contributed by atoms with Gasteiger partial charge in [-0.05, 0) is 23.3 Å². The molecule has 1 N–H and O–H groups in total. The van der Waals surface area contributed by atoms with Gasteiger partial charge in [-0.25, -0.2) is 13.4 Å². The molecule has 2 aromatic heterocycles. The number of nitriles is 1. The molecule has 0 aliphatic heterocycles. The van der Waals surface area contributed by atoms with Crippen molar-refractivity contribution in [3.05, 3.63) is 54.4 Å². The number of aromatic hydroxyl groups is 1. The van der Waals surface area contributed by atoms with Crippen molar-refractivity contribution in [3.8, 4) is 28.9 Å². The first-order valence-electron chi connectivity index (χ1n) is 7.30. The number of hydrogen-bond donors (Lipinski definition) is 1. The highest BCUT2D eigenvalue weighted by molar-refractivity contribution is 7.90. The third kappa shape index (κ3) is 3.36. The number of benzene rings is 1. The van der Waals surface area contributed by atoms with E-state index < -0.39 is 9.84 Å². The van der Waals surface area contributed by atoms with Crippen LogP contribution in [0.25, 0.3) is 16.9 Å². The third-order valence-electron chi connectivity index (χ3n) is 3.66. The van der Waals surface area contributed by atoms with Crippen molar-refractivity contribution in [3.63, 3.8) is 0 Å². The molecule has 3 rings (SSSR count). The maximum Gasteiger partial charge on any atom is 0.223 e. The fraction of sp³-hybridized carbons (Fsp3) is 0.118. The summed E-state index contributed by atoms with van der Waals surface area (Å²) in [4.78, 5) is 4.14. The van der Waals surface area contributed by atoms with Crippen molar-refractivity contribution in [1.29, 1.82) is 5.26 Å². The van der Waals surface area contributed by atoms with Gasteiger partial charge in [-0.2, -0.15) is 15.0 Å². The Kier molecular flexibility index (Phi) is 4.25. The zero-order valence-corrected chi connectivity index (χ0v) is 14.1. The summed E-state index contributed by atoms with van der Waals surface area (Å²) >= 11 is 0. The zero-order valence-electron chi connectivity index (χ0n) is 13.3. The van der Waals surface area contributed by atoms with E-state index in [-0.39, 0.29) is 10.8 Å². The largest absolute Gasteiger partial charge is 0.493 e. The number of hydrogen-bond acceptors (Lipinski definition) is 6. The Morgan fingerprint density at radius 2 is 1.88 bits per heavy atom. The average molecular weight is 354 g/mol. The lowest BCUT2D eigenvalue weighted by Gasteiger charge is -2.05. The predicted octanol–water partition coefficient (Wildman–Crippen LogP) is 2.11. The number of nitrogens with zero attached hydrogens (tertiary/aromatic N) is 4. The van der Waals surface area contributed by atoms with Crippen LogP contribution in [-0.4, -0.2) is 34.5 Å². The van der Waals surface area contributed by atoms with Gasteiger partial charge >= 0.3 is 0 Å². The maximum absolute atomic E-state index is 11.5. The molecule has 8 heteroatoms. The zero-order chi connectivity index (χ0) is 18.0. The molecule has 0 fully saturated rings. The van der Waals surface area contributed by atoms with Gasteiger partial charge in [0.05, 0.1) is 29.1 Å². The predicted molar refractivity (Wildman–Crippen MR) is 90.9 cm³/mol. The summed E-state index contributed by atoms with van der Waals surface area (Å²) in [5.74, 6) is 0.199. The van der Waals surface area contributed by atoms with Gasteiger partial charge in [0.25, 0.3) is 0 Å². The van der Waals surface area contributed by atoms with E-state index in [0.717, 1.165) is 17.4 Å². The van der Waals surface area contributed by atoms with Crippen molar-refractivity contribution in [2.75, 3.05) is 6.26 Å². The van der Waals surface area contributed by atoms with Crippen LogP contribution < -0.4 is 0 Å². The fourth-order valence-corrected chi connectivity index (χ4v) is 2.88. The van der Waals surface area contributed by atoms with E-state index in [1.165, 1.54) is 29.2 Å². The minimum Gasteiger partial charge on any atom is -0.493 e. The molecule has 1 aromatic carbocycles. The smallest absolute Gasteiger partial charge is 0.223 e. The normalized spacial score (nSPS) is 11.2. The van der Waals surface area contributed by atoms with Crippen LogP contribution in [0.4, 0.5) is 0 Å². The summed E-state index contributed by atoms with van der Waals surface area (Å²) in [6, 6.07) is 12.2. The minimum absolute atomic E-state index is 0.0937. The molecule has 0 amide bonds. The average Bonchev–Trinajstić information content (AvgIpc) is 2.97. The van der Waals surface area contributed by atoms with E-state index in [9.17, 15) is 13.5 Å². The van der Waals surface area contributed by atoms with Crippen LogP contribution in [0, 0.1) is 11.3 Å². The molecule has 0 spiro atoms. The first kappa shape index (κ1) is 16.7. The van der Waals surface area contributed by atoms with E-state index in [0.29, 0.717) is 17.8 Å². The van der Waals surface area contributed by atoms with Crippen molar-refractivity contribution in [2.45, 2.75) is 11.3 Å². The van der Waals surface area contributed by atoms with Crippen LogP contribution in [-0.2, 0) is 16.3 Å². The Morgan fingerprint density at radius 3 is 2.44 bits per heavy atom. The topological polar surface area (TPSA) is 109 Å². The third-order valence-corrected chi connectivity index (χ3v) is 4.76. The second-order valence-electron chi connectivity index (χ2n) is 5.45. The van der Waals surface area contributed by atoms with E-state index in [1.807, 2.05) is 12.1 Å². The van der Waals surface area contributed by atoms with Gasteiger partial charge < -0.3 is 5.11 Å². The molecule has 0 radical (unpaired) electrons. The van der Waals surface area contributed by atoms with Gasteiger partial charge in [-0.1, -0.05) is 24.3 Å². The summed E-state index contributed by atoms with van der Waals surface area (Å²) in [6.07, 6.45) is 4.15. The van der Waals surface area contributed by atoms with Crippen LogP contribution in [0.3, 0.4) is 0 Å². The molecule has 0 atom stereocenters. The molecule has 25 heavy (non-hydrogen) atoms. The Bertz CT molecular complexity index is 1050. The Labute approximate surface area is 144 Å². The molecular formula is C17H14N4O3S. The highest BCUT2D eigenvalue weighted by Gasteiger charge is 2.15. The van der Waals surface area contributed by atoms with Gasteiger partial charge in [0.2, 0.25) is 5.88 Å². The second kappa shape index (κ2) is 6.37. The molecule has 0 bridgehead atoms. The van der Waals surface area contributed by atoms with Crippen LogP contribution in [0.1, 0.15) is 5.56 Å². The van der Waals surface area contributed by atoms with Crippen LogP contribution >= 0.6 is 0 Å². The fourth-order valence-electron chi connectivity index (χ4n) is 2.32. The molecule has 7 nitrogen and oxygen atoms in total. The lowest BCUT2D eigenvalue weighted by Crippen LogP contribution is -2.02. The molecule has 126 valence electrons. The summed E-state index contributed by atoms with van der Waals surface area (Å²) < 4.78 is 24.2. The minimum atomic E-state index is -3.34. The van der Waals surface area contributed by atoms with E-state index in [1.54, 1.807) is 12.1 Å². The van der Waals surface area contributed by atoms with Crippen molar-refractivity contribution in [1.82, 2.24) is 14.8 Å². The number of aromatic nitrogens is 3. The van der Waals surface area contributed by atoms with Crippen LogP contribution in [0.5, 0.6) is 5.88 Å². The number of rotatable bonds is 4. The maximum atomic E-state index is 11.5. The molecule has 0 aliphatic rings. The summed E-state index contributed by atoms with van der Waals surface area (Å²) in [6.45, 7) is 0. The monoisotopic (exact) mass is 354 g/mol. The Hall–Kier alpha value is -3.18. The standard InChI is InChI=1S/C17H14N4O3S/c1-25(23,24)14-6-7-16(19-10-14)21-17(22)15(11-20-21)13-4-2-12(3-5-13)8-9-18/h2-7,10-11,22H,8H2,1H3. The van der Waals surface area contributed by atoms with Crippen molar-refractivity contribution < 1.29 is 13.5 Å². The lowest BCUT2D eigenvalue weighted by atomic mass is 10.1. The van der Waals surface area contributed by atoms with Gasteiger partial charge in [-0.15, -0.1) is 0 Å². The van der Waals surface area contributed by atoms with E-state index >= 15 is 0 Å². The van der Waals surface area contributed by atoms with Crippen LogP contribution in [0.15, 0.2) is 53.7 Å². The summed E-state index contributed by atoms with van der Waals surface area (Å²) in [7, 11) is -3.34. The highest BCUT2D eigenvalue weighted by atomic mass is 32.2. The van der Waals surface area contributed by atoms with Gasteiger partial charge in [0.15, 0.2) is 15.7 Å². The lowest BCUT2D eigenvalue weighted by molar-refractivity contribution is 0.433. The SMILES string of the molecule is CS(=O)(=O)c1ccc(-n2ncc(-c3ccc(CC#N)cc3)c2O)nc1. The molecule has 0 aliphatic carbocycles. The molecule has 3 aromatic rings. The van der Waals surface area contributed by atoms with E-state index in [4.69, 9.17) is 5.26 Å². The molecule has 0 unspecified atom stereocenters. The molecule has 0 saturated carbocycles.